The lowest BCUT2D eigenvalue weighted by Crippen LogP contribution is -2.45. The van der Waals surface area contributed by atoms with Crippen LogP contribution in [0.4, 0.5) is 10.1 Å². The number of para-hydroxylation sites is 1. The summed E-state index contributed by atoms with van der Waals surface area (Å²) in [4.78, 5) is 28.6. The lowest BCUT2D eigenvalue weighted by atomic mass is 9.95. The normalized spacial score (nSPS) is 14.8. The van der Waals surface area contributed by atoms with Gasteiger partial charge in [-0.1, -0.05) is 34.1 Å². The van der Waals surface area contributed by atoms with Gasteiger partial charge in [-0.2, -0.15) is 0 Å². The molecule has 0 aliphatic carbocycles. The van der Waals surface area contributed by atoms with Crippen molar-refractivity contribution in [2.24, 2.45) is 5.92 Å². The molecule has 1 fully saturated rings. The average Bonchev–Trinajstić information content (AvgIpc) is 2.71. The van der Waals surface area contributed by atoms with Crippen molar-refractivity contribution < 1.29 is 14.0 Å². The molecule has 1 saturated heterocycles. The summed E-state index contributed by atoms with van der Waals surface area (Å²) >= 11 is 3.34. The fourth-order valence-corrected chi connectivity index (χ4v) is 3.91. The fourth-order valence-electron chi connectivity index (χ4n) is 3.50. The maximum absolute atomic E-state index is 13.9. The zero-order chi connectivity index (χ0) is 20.8. The van der Waals surface area contributed by atoms with Gasteiger partial charge in [-0.25, -0.2) is 4.39 Å². The number of amides is 2. The first-order chi connectivity index (χ1) is 13.9. The summed E-state index contributed by atoms with van der Waals surface area (Å²) < 4.78 is 14.7. The highest BCUT2D eigenvalue weighted by atomic mass is 79.9. The molecule has 0 spiro atoms. The largest absolute Gasteiger partial charge is 0.342 e. The molecule has 1 N–H and O–H groups in total. The van der Waals surface area contributed by atoms with Gasteiger partial charge in [0.1, 0.15) is 5.82 Å². The molecular weight excluding hydrogens is 437 g/mol. The van der Waals surface area contributed by atoms with Crippen LogP contribution < -0.4 is 5.32 Å². The summed E-state index contributed by atoms with van der Waals surface area (Å²) in [5.74, 6) is -0.360. The minimum atomic E-state index is -0.280. The van der Waals surface area contributed by atoms with Gasteiger partial charge in [0.15, 0.2) is 0 Å². The van der Waals surface area contributed by atoms with Gasteiger partial charge in [-0.3, -0.25) is 14.5 Å². The summed E-state index contributed by atoms with van der Waals surface area (Å²) in [5, 5.41) is 2.94. The summed E-state index contributed by atoms with van der Waals surface area (Å²) in [5.41, 5.74) is 1.34. The van der Waals surface area contributed by atoms with Crippen LogP contribution in [0.1, 0.15) is 18.4 Å². The Labute approximate surface area is 179 Å². The molecule has 2 aromatic carbocycles. The third kappa shape index (κ3) is 6.11. The van der Waals surface area contributed by atoms with Gasteiger partial charge in [-0.05, 0) is 50.2 Å². The van der Waals surface area contributed by atoms with Crippen LogP contribution in [-0.2, 0) is 16.1 Å². The van der Waals surface area contributed by atoms with Crippen LogP contribution in [0.15, 0.2) is 53.0 Å². The zero-order valence-electron chi connectivity index (χ0n) is 16.4. The Balaban J connectivity index is 1.45. The molecule has 1 aliphatic heterocycles. The van der Waals surface area contributed by atoms with E-state index < -0.39 is 0 Å². The van der Waals surface area contributed by atoms with E-state index in [1.54, 1.807) is 29.0 Å². The number of nitrogens with one attached hydrogen (secondary N) is 1. The van der Waals surface area contributed by atoms with Gasteiger partial charge in [0.2, 0.25) is 11.8 Å². The summed E-state index contributed by atoms with van der Waals surface area (Å²) in [7, 11) is 1.80. The predicted molar refractivity (Wildman–Crippen MR) is 115 cm³/mol. The molecule has 29 heavy (non-hydrogen) atoms. The number of halogens is 2. The molecule has 3 rings (SSSR count). The summed E-state index contributed by atoms with van der Waals surface area (Å²) in [6, 6.07) is 14.2. The Morgan fingerprint density at radius 1 is 1.17 bits per heavy atom. The third-order valence-corrected chi connectivity index (χ3v) is 5.61. The third-order valence-electron chi connectivity index (χ3n) is 5.11. The number of carbonyl (C=O) groups is 2. The highest BCUT2D eigenvalue weighted by molar-refractivity contribution is 9.10. The van der Waals surface area contributed by atoms with Crippen molar-refractivity contribution in [2.75, 3.05) is 32.0 Å². The number of likely N-dealkylation sites (N-methyl/N-ethyl adjacent to an activating group) is 1. The van der Waals surface area contributed by atoms with Crippen LogP contribution in [0.25, 0.3) is 0 Å². The zero-order valence-corrected chi connectivity index (χ0v) is 18.0. The fraction of sp³-hybridized carbons (Fsp3) is 0.364. The number of hydrogen-bond acceptors (Lipinski definition) is 3. The number of piperidine rings is 1. The van der Waals surface area contributed by atoms with Crippen LogP contribution >= 0.6 is 15.9 Å². The number of rotatable bonds is 6. The van der Waals surface area contributed by atoms with Crippen molar-refractivity contribution in [3.8, 4) is 0 Å². The molecule has 0 radical (unpaired) electrons. The van der Waals surface area contributed by atoms with E-state index in [4.69, 9.17) is 0 Å². The standard InChI is InChI=1S/C22H25BrFN3O2/c1-26(14-17-13-18(23)7-8-20(17)24)15-21(28)27-11-9-16(10-12-27)22(29)25-19-5-3-2-4-6-19/h2-8,13,16H,9-12,14-15H2,1H3,(H,25,29). The number of anilines is 1. The second-order valence-corrected chi connectivity index (χ2v) is 8.33. The molecule has 0 unspecified atom stereocenters. The Hall–Kier alpha value is -2.25. The summed E-state index contributed by atoms with van der Waals surface area (Å²) in [6.45, 7) is 1.69. The first kappa shape index (κ1) is 21.5. The van der Waals surface area contributed by atoms with Gasteiger partial charge in [0.05, 0.1) is 6.54 Å². The Bertz CT molecular complexity index is 854. The van der Waals surface area contributed by atoms with Gasteiger partial charge in [0.25, 0.3) is 0 Å². The first-order valence-corrected chi connectivity index (χ1v) is 10.5. The number of carbonyl (C=O) groups excluding carboxylic acids is 2. The monoisotopic (exact) mass is 461 g/mol. The maximum Gasteiger partial charge on any atom is 0.236 e. The Morgan fingerprint density at radius 2 is 1.86 bits per heavy atom. The molecule has 0 aromatic heterocycles. The van der Waals surface area contributed by atoms with Crippen LogP contribution in [0, 0.1) is 11.7 Å². The van der Waals surface area contributed by atoms with E-state index in [1.165, 1.54) is 6.07 Å². The van der Waals surface area contributed by atoms with Gasteiger partial charge >= 0.3 is 0 Å². The Kier molecular flexibility index (Phi) is 7.39. The van der Waals surface area contributed by atoms with Crippen LogP contribution in [0.3, 0.4) is 0 Å². The number of benzene rings is 2. The molecule has 0 atom stereocenters. The SMILES string of the molecule is CN(CC(=O)N1CCC(C(=O)Nc2ccccc2)CC1)Cc1cc(Br)ccc1F. The van der Waals surface area contributed by atoms with Crippen molar-refractivity contribution in [1.82, 2.24) is 9.80 Å². The van der Waals surface area contributed by atoms with Crippen molar-refractivity contribution in [3.63, 3.8) is 0 Å². The lowest BCUT2D eigenvalue weighted by molar-refractivity contribution is -0.135. The van der Waals surface area contributed by atoms with Crippen LogP contribution in [-0.4, -0.2) is 48.3 Å². The molecular formula is C22H25BrFN3O2. The molecule has 1 aliphatic rings. The molecule has 5 nitrogen and oxygen atoms in total. The number of nitrogens with zero attached hydrogens (tertiary/aromatic N) is 2. The highest BCUT2D eigenvalue weighted by Crippen LogP contribution is 2.20. The van der Waals surface area contributed by atoms with Crippen molar-refractivity contribution in [3.05, 3.63) is 64.4 Å². The average molecular weight is 462 g/mol. The number of likely N-dealkylation sites (tertiary alicyclic amines) is 1. The number of hydrogen-bond donors (Lipinski definition) is 1. The van der Waals surface area contributed by atoms with Crippen LogP contribution in [0.2, 0.25) is 0 Å². The van der Waals surface area contributed by atoms with Crippen molar-refractivity contribution >= 4 is 33.4 Å². The second kappa shape index (κ2) is 9.98. The second-order valence-electron chi connectivity index (χ2n) is 7.42. The highest BCUT2D eigenvalue weighted by Gasteiger charge is 2.27. The van der Waals surface area contributed by atoms with Crippen molar-refractivity contribution in [1.29, 1.82) is 0 Å². The van der Waals surface area contributed by atoms with Gasteiger partial charge < -0.3 is 10.2 Å². The molecule has 1 heterocycles. The first-order valence-electron chi connectivity index (χ1n) is 9.68. The van der Waals surface area contributed by atoms with Crippen molar-refractivity contribution in [2.45, 2.75) is 19.4 Å². The predicted octanol–water partition coefficient (Wildman–Crippen LogP) is 3.90. The van der Waals surface area contributed by atoms with E-state index >= 15 is 0 Å². The van der Waals surface area contributed by atoms with Gasteiger partial charge in [0, 0.05) is 41.3 Å². The van der Waals surface area contributed by atoms with E-state index in [0.717, 1.165) is 10.2 Å². The smallest absolute Gasteiger partial charge is 0.236 e. The molecule has 7 heteroatoms. The molecule has 0 bridgehead atoms. The molecule has 2 aromatic rings. The minimum Gasteiger partial charge on any atom is -0.342 e. The van der Waals surface area contributed by atoms with E-state index in [1.807, 2.05) is 30.3 Å². The quantitative estimate of drug-likeness (QED) is 0.709. The minimum absolute atomic E-state index is 0.00447. The van der Waals surface area contributed by atoms with E-state index in [9.17, 15) is 14.0 Å². The molecule has 154 valence electrons. The van der Waals surface area contributed by atoms with E-state index in [-0.39, 0.29) is 30.1 Å². The van der Waals surface area contributed by atoms with E-state index in [0.29, 0.717) is 38.0 Å². The van der Waals surface area contributed by atoms with Crippen LogP contribution in [0.5, 0.6) is 0 Å². The lowest BCUT2D eigenvalue weighted by Gasteiger charge is -2.32. The molecule has 0 saturated carbocycles. The van der Waals surface area contributed by atoms with Gasteiger partial charge in [-0.15, -0.1) is 0 Å². The summed E-state index contributed by atoms with van der Waals surface area (Å²) in [6.07, 6.45) is 1.29. The molecule has 2 amide bonds. The topological polar surface area (TPSA) is 52.7 Å². The maximum atomic E-state index is 13.9. The van der Waals surface area contributed by atoms with E-state index in [2.05, 4.69) is 21.2 Å². The Morgan fingerprint density at radius 3 is 2.55 bits per heavy atom.